The van der Waals surface area contributed by atoms with Crippen molar-refractivity contribution in [1.29, 1.82) is 0 Å². The van der Waals surface area contributed by atoms with Crippen LogP contribution in [-0.4, -0.2) is 11.7 Å². The Hall–Kier alpha value is -1.43. The molecular weight excluding hydrogens is 295 g/mol. The molecule has 20 heavy (non-hydrogen) atoms. The first-order chi connectivity index (χ1) is 9.03. The molecule has 1 aromatic rings. The Morgan fingerprint density at radius 3 is 2.35 bits per heavy atom. The number of rotatable bonds is 2. The minimum Gasteiger partial charge on any atom is -0.444 e. The summed E-state index contributed by atoms with van der Waals surface area (Å²) in [6.07, 6.45) is -5.52. The van der Waals surface area contributed by atoms with Gasteiger partial charge in [-0.2, -0.15) is 13.2 Å². The van der Waals surface area contributed by atoms with Crippen LogP contribution in [0.3, 0.4) is 0 Å². The Bertz CT molecular complexity index is 495. The number of anilines is 1. The number of hydrogen-bond acceptors (Lipinski definition) is 2. The van der Waals surface area contributed by atoms with Crippen molar-refractivity contribution in [3.05, 3.63) is 29.3 Å². The Morgan fingerprint density at radius 2 is 1.90 bits per heavy atom. The molecule has 1 aromatic carbocycles. The molecule has 0 bridgehead atoms. The number of carbonyl (C=O) groups is 1. The van der Waals surface area contributed by atoms with Crippen molar-refractivity contribution in [2.75, 3.05) is 5.32 Å². The Morgan fingerprint density at radius 1 is 1.30 bits per heavy atom. The standard InChI is InChI=1S/C13H15ClF3NO2/c1-12(2,3)20-11(19)18-10-6-8(7-14)4-5-9(10)13(15,16)17/h4-6H,7H2,1-3H3,(H,18,19). The highest BCUT2D eigenvalue weighted by Crippen LogP contribution is 2.35. The normalized spacial score (nSPS) is 12.2. The third-order valence-electron chi connectivity index (χ3n) is 2.18. The first-order valence-corrected chi connectivity index (χ1v) is 6.32. The van der Waals surface area contributed by atoms with Gasteiger partial charge in [-0.3, -0.25) is 5.32 Å². The van der Waals surface area contributed by atoms with E-state index in [1.54, 1.807) is 20.8 Å². The van der Waals surface area contributed by atoms with Gasteiger partial charge in [0.25, 0.3) is 0 Å². The average Bonchev–Trinajstić information content (AvgIpc) is 2.24. The maximum atomic E-state index is 12.8. The van der Waals surface area contributed by atoms with Gasteiger partial charge < -0.3 is 4.74 Å². The SMILES string of the molecule is CC(C)(C)OC(=O)Nc1cc(CCl)ccc1C(F)(F)F. The number of halogens is 4. The van der Waals surface area contributed by atoms with Crippen LogP contribution >= 0.6 is 11.6 Å². The topological polar surface area (TPSA) is 38.3 Å². The fourth-order valence-corrected chi connectivity index (χ4v) is 1.60. The van der Waals surface area contributed by atoms with Crippen molar-refractivity contribution in [2.24, 2.45) is 0 Å². The van der Waals surface area contributed by atoms with E-state index >= 15 is 0 Å². The van der Waals surface area contributed by atoms with Crippen LogP contribution in [0.2, 0.25) is 0 Å². The molecule has 0 unspecified atom stereocenters. The van der Waals surface area contributed by atoms with Crippen LogP contribution in [0.25, 0.3) is 0 Å². The van der Waals surface area contributed by atoms with E-state index in [9.17, 15) is 18.0 Å². The molecule has 0 aliphatic heterocycles. The zero-order valence-corrected chi connectivity index (χ0v) is 12.0. The number of amides is 1. The van der Waals surface area contributed by atoms with Gasteiger partial charge in [-0.1, -0.05) is 6.07 Å². The second kappa shape index (κ2) is 5.91. The van der Waals surface area contributed by atoms with E-state index in [1.165, 1.54) is 12.1 Å². The van der Waals surface area contributed by atoms with Crippen molar-refractivity contribution in [2.45, 2.75) is 38.4 Å². The van der Waals surface area contributed by atoms with Gasteiger partial charge >= 0.3 is 12.3 Å². The zero-order valence-electron chi connectivity index (χ0n) is 11.3. The third kappa shape index (κ3) is 4.92. The van der Waals surface area contributed by atoms with E-state index in [1.807, 2.05) is 0 Å². The molecule has 0 radical (unpaired) electrons. The smallest absolute Gasteiger partial charge is 0.418 e. The lowest BCUT2D eigenvalue weighted by molar-refractivity contribution is -0.136. The highest BCUT2D eigenvalue weighted by Gasteiger charge is 2.34. The van der Waals surface area contributed by atoms with Gasteiger partial charge in [-0.15, -0.1) is 11.6 Å². The first-order valence-electron chi connectivity index (χ1n) is 5.79. The maximum Gasteiger partial charge on any atom is 0.418 e. The molecule has 1 amide bonds. The first kappa shape index (κ1) is 16.6. The second-order valence-electron chi connectivity index (χ2n) is 5.14. The summed E-state index contributed by atoms with van der Waals surface area (Å²) in [5.41, 5.74) is -1.65. The van der Waals surface area contributed by atoms with Crippen LogP contribution < -0.4 is 5.32 Å². The second-order valence-corrected chi connectivity index (χ2v) is 5.41. The van der Waals surface area contributed by atoms with Crippen molar-refractivity contribution in [3.8, 4) is 0 Å². The van der Waals surface area contributed by atoms with Crippen molar-refractivity contribution in [3.63, 3.8) is 0 Å². The monoisotopic (exact) mass is 309 g/mol. The largest absolute Gasteiger partial charge is 0.444 e. The fourth-order valence-electron chi connectivity index (χ4n) is 1.44. The quantitative estimate of drug-likeness (QED) is 0.798. The molecular formula is C13H15ClF3NO2. The van der Waals surface area contributed by atoms with Crippen LogP contribution in [0.1, 0.15) is 31.9 Å². The molecule has 0 heterocycles. The molecule has 0 aliphatic rings. The van der Waals surface area contributed by atoms with E-state index in [0.717, 1.165) is 6.07 Å². The molecule has 112 valence electrons. The van der Waals surface area contributed by atoms with Crippen LogP contribution in [0, 0.1) is 0 Å². The lowest BCUT2D eigenvalue weighted by Crippen LogP contribution is -2.28. The van der Waals surface area contributed by atoms with E-state index in [2.05, 4.69) is 5.32 Å². The Labute approximate surface area is 120 Å². The summed E-state index contributed by atoms with van der Waals surface area (Å²) < 4.78 is 43.5. The van der Waals surface area contributed by atoms with Crippen molar-refractivity contribution < 1.29 is 22.7 Å². The lowest BCUT2D eigenvalue weighted by atomic mass is 10.1. The molecule has 0 fully saturated rings. The third-order valence-corrected chi connectivity index (χ3v) is 2.49. The minimum absolute atomic E-state index is 0.0428. The number of alkyl halides is 4. The zero-order chi connectivity index (χ0) is 15.6. The Kier molecular flexibility index (Phi) is 4.91. The molecule has 1 rings (SSSR count). The number of hydrogen-bond donors (Lipinski definition) is 1. The summed E-state index contributed by atoms with van der Waals surface area (Å²) in [5.74, 6) is 0.0428. The highest BCUT2D eigenvalue weighted by molar-refractivity contribution is 6.17. The van der Waals surface area contributed by atoms with E-state index in [-0.39, 0.29) is 11.6 Å². The lowest BCUT2D eigenvalue weighted by Gasteiger charge is -2.21. The maximum absolute atomic E-state index is 12.8. The average molecular weight is 310 g/mol. The van der Waals surface area contributed by atoms with Crippen LogP contribution in [0.5, 0.6) is 0 Å². The van der Waals surface area contributed by atoms with Gasteiger partial charge in [0.1, 0.15) is 5.60 Å². The number of ether oxygens (including phenoxy) is 1. The highest BCUT2D eigenvalue weighted by atomic mass is 35.5. The predicted molar refractivity (Wildman–Crippen MR) is 70.9 cm³/mol. The van der Waals surface area contributed by atoms with Crippen LogP contribution in [0.4, 0.5) is 23.7 Å². The van der Waals surface area contributed by atoms with Gasteiger partial charge in [-0.05, 0) is 38.5 Å². The van der Waals surface area contributed by atoms with Crippen LogP contribution in [0.15, 0.2) is 18.2 Å². The van der Waals surface area contributed by atoms with E-state index < -0.39 is 23.4 Å². The molecule has 7 heteroatoms. The molecule has 0 spiro atoms. The molecule has 0 atom stereocenters. The number of nitrogens with one attached hydrogen (secondary N) is 1. The molecule has 1 N–H and O–H groups in total. The summed E-state index contributed by atoms with van der Waals surface area (Å²) in [6, 6.07) is 3.32. The van der Waals surface area contributed by atoms with Gasteiger partial charge in [0.15, 0.2) is 0 Å². The summed E-state index contributed by atoms with van der Waals surface area (Å²) in [7, 11) is 0. The number of benzene rings is 1. The molecule has 0 aromatic heterocycles. The molecule has 0 aliphatic carbocycles. The molecule has 0 saturated heterocycles. The van der Waals surface area contributed by atoms with Gasteiger partial charge in [0.05, 0.1) is 11.3 Å². The summed E-state index contributed by atoms with van der Waals surface area (Å²) >= 11 is 5.58. The van der Waals surface area contributed by atoms with Gasteiger partial charge in [0.2, 0.25) is 0 Å². The van der Waals surface area contributed by atoms with Crippen molar-refractivity contribution >= 4 is 23.4 Å². The molecule has 3 nitrogen and oxygen atoms in total. The predicted octanol–water partition coefficient (Wildman–Crippen LogP) is 4.79. The molecule has 0 saturated carbocycles. The van der Waals surface area contributed by atoms with Crippen molar-refractivity contribution in [1.82, 2.24) is 0 Å². The van der Waals surface area contributed by atoms with Gasteiger partial charge in [-0.25, -0.2) is 4.79 Å². The minimum atomic E-state index is -4.57. The Balaban J connectivity index is 3.05. The van der Waals surface area contributed by atoms with Crippen LogP contribution in [-0.2, 0) is 16.8 Å². The number of carbonyl (C=O) groups excluding carboxylic acids is 1. The fraction of sp³-hybridized carbons (Fsp3) is 0.462. The van der Waals surface area contributed by atoms with E-state index in [4.69, 9.17) is 16.3 Å². The summed E-state index contributed by atoms with van der Waals surface area (Å²) in [4.78, 5) is 11.6. The van der Waals surface area contributed by atoms with Gasteiger partial charge in [0, 0.05) is 5.88 Å². The summed E-state index contributed by atoms with van der Waals surface area (Å²) in [5, 5.41) is 2.11. The van der Waals surface area contributed by atoms with E-state index in [0.29, 0.717) is 5.56 Å². The summed E-state index contributed by atoms with van der Waals surface area (Å²) in [6.45, 7) is 4.85.